The second-order valence-corrected chi connectivity index (χ2v) is 3.45. The quantitative estimate of drug-likeness (QED) is 0.698. The van der Waals surface area contributed by atoms with Crippen LogP contribution in [0, 0.1) is 0 Å². The summed E-state index contributed by atoms with van der Waals surface area (Å²) in [6.45, 7) is -3.81. The van der Waals surface area contributed by atoms with E-state index in [9.17, 15) is 12.9 Å². The summed E-state index contributed by atoms with van der Waals surface area (Å²) in [4.78, 5) is 0. The summed E-state index contributed by atoms with van der Waals surface area (Å²) in [7, 11) is 0. The van der Waals surface area contributed by atoms with Gasteiger partial charge in [-0.25, -0.2) is 0 Å². The third-order valence-corrected chi connectivity index (χ3v) is 2.03. The van der Waals surface area contributed by atoms with Gasteiger partial charge in [-0.15, -0.1) is 5.47 Å². The monoisotopic (exact) mass is 258 g/mol. The van der Waals surface area contributed by atoms with Crippen LogP contribution in [-0.2, 0) is 0 Å². The first kappa shape index (κ1) is 15.7. The standard InChI is InChI=1S/C9H8BClF3.K/c1-7(10(12,13)14)6-8-2-4-9(11)5-3-8;/h2-6H,1H3;/q-1;+1/b7-6+;. The van der Waals surface area contributed by atoms with Crippen molar-refractivity contribution in [1.82, 2.24) is 0 Å². The van der Waals surface area contributed by atoms with Gasteiger partial charge in [-0.05, 0) is 17.7 Å². The zero-order valence-electron chi connectivity index (χ0n) is 8.48. The van der Waals surface area contributed by atoms with Crippen molar-refractivity contribution in [2.45, 2.75) is 6.92 Å². The Labute approximate surface area is 134 Å². The van der Waals surface area contributed by atoms with Crippen molar-refractivity contribution in [1.29, 1.82) is 0 Å². The molecule has 0 aliphatic heterocycles. The van der Waals surface area contributed by atoms with Gasteiger partial charge in [0.15, 0.2) is 0 Å². The van der Waals surface area contributed by atoms with Crippen molar-refractivity contribution in [3.8, 4) is 0 Å². The fourth-order valence-corrected chi connectivity index (χ4v) is 1.04. The van der Waals surface area contributed by atoms with Crippen LogP contribution in [0.5, 0.6) is 0 Å². The molecule has 0 nitrogen and oxygen atoms in total. The Hall–Kier alpha value is 0.741. The average Bonchev–Trinajstić information content (AvgIpc) is 2.07. The normalized spacial score (nSPS) is 12.2. The van der Waals surface area contributed by atoms with Gasteiger partial charge in [-0.1, -0.05) is 36.7 Å². The molecule has 0 aliphatic carbocycles. The number of halogens is 4. The van der Waals surface area contributed by atoms with Gasteiger partial charge in [-0.2, -0.15) is 0 Å². The zero-order chi connectivity index (χ0) is 10.8. The van der Waals surface area contributed by atoms with Crippen molar-refractivity contribution in [2.24, 2.45) is 0 Å². The fourth-order valence-electron chi connectivity index (χ4n) is 0.916. The van der Waals surface area contributed by atoms with E-state index in [0.29, 0.717) is 10.6 Å². The van der Waals surface area contributed by atoms with Crippen LogP contribution in [0.25, 0.3) is 6.08 Å². The van der Waals surface area contributed by atoms with Crippen molar-refractivity contribution in [3.05, 3.63) is 40.3 Å². The smallest absolute Gasteiger partial charge is 0.445 e. The first-order valence-corrected chi connectivity index (χ1v) is 4.41. The summed E-state index contributed by atoms with van der Waals surface area (Å²) in [5, 5.41) is 0.511. The molecule has 0 saturated heterocycles. The molecule has 1 rings (SSSR count). The molecule has 1 aromatic rings. The molecule has 0 aromatic heterocycles. The molecule has 0 atom stereocenters. The molecule has 76 valence electrons. The van der Waals surface area contributed by atoms with Gasteiger partial charge < -0.3 is 12.9 Å². The molecule has 0 aliphatic rings. The third kappa shape index (κ3) is 5.56. The topological polar surface area (TPSA) is 0 Å². The molecule has 0 N–H and O–H groups in total. The van der Waals surface area contributed by atoms with Crippen LogP contribution in [0.15, 0.2) is 29.7 Å². The molecule has 0 heterocycles. The maximum Gasteiger partial charge on any atom is 1.00 e. The largest absolute Gasteiger partial charge is 1.00 e. The van der Waals surface area contributed by atoms with E-state index in [2.05, 4.69) is 0 Å². The van der Waals surface area contributed by atoms with E-state index in [1.54, 1.807) is 24.3 Å². The SMILES string of the molecule is C/C(=C\c1ccc(Cl)cc1)[B-](F)(F)F.[K+]. The molecule has 0 unspecified atom stereocenters. The summed E-state index contributed by atoms with van der Waals surface area (Å²) in [6.07, 6.45) is 1.11. The van der Waals surface area contributed by atoms with Crippen LogP contribution in [0.4, 0.5) is 12.9 Å². The van der Waals surface area contributed by atoms with Gasteiger partial charge >= 0.3 is 58.4 Å². The summed E-state index contributed by atoms with van der Waals surface area (Å²) in [6, 6.07) is 6.22. The molecule has 0 radical (unpaired) electrons. The predicted molar refractivity (Wildman–Crippen MR) is 54.2 cm³/mol. The van der Waals surface area contributed by atoms with Crippen LogP contribution in [0.1, 0.15) is 12.5 Å². The van der Waals surface area contributed by atoms with Crippen LogP contribution >= 0.6 is 11.6 Å². The second-order valence-electron chi connectivity index (χ2n) is 3.01. The molecule has 0 amide bonds. The minimum atomic E-state index is -4.88. The van der Waals surface area contributed by atoms with E-state index in [-0.39, 0.29) is 51.4 Å². The van der Waals surface area contributed by atoms with Crippen LogP contribution < -0.4 is 51.4 Å². The Bertz CT molecular complexity index is 345. The second kappa shape index (κ2) is 6.47. The summed E-state index contributed by atoms with van der Waals surface area (Å²) < 4.78 is 36.5. The summed E-state index contributed by atoms with van der Waals surface area (Å²) in [5.74, 6) is 0. The van der Waals surface area contributed by atoms with Crippen molar-refractivity contribution in [2.75, 3.05) is 0 Å². The fraction of sp³-hybridized carbons (Fsp3) is 0.111. The van der Waals surface area contributed by atoms with Crippen molar-refractivity contribution < 1.29 is 64.3 Å². The Morgan fingerprint density at radius 1 is 1.20 bits per heavy atom. The van der Waals surface area contributed by atoms with Gasteiger partial charge in [0.05, 0.1) is 0 Å². The number of benzene rings is 1. The number of hydrogen-bond donors (Lipinski definition) is 0. The molecule has 0 spiro atoms. The van der Waals surface area contributed by atoms with Crippen LogP contribution in [-0.4, -0.2) is 6.98 Å². The van der Waals surface area contributed by atoms with Gasteiger partial charge in [0.1, 0.15) is 0 Å². The first-order valence-electron chi connectivity index (χ1n) is 4.03. The van der Waals surface area contributed by atoms with E-state index in [0.717, 1.165) is 13.0 Å². The Morgan fingerprint density at radius 3 is 2.07 bits per heavy atom. The molecular weight excluding hydrogens is 250 g/mol. The molecule has 1 aromatic carbocycles. The number of hydrogen-bond acceptors (Lipinski definition) is 0. The number of allylic oxidation sites excluding steroid dienone is 1. The average molecular weight is 259 g/mol. The Morgan fingerprint density at radius 2 is 1.67 bits per heavy atom. The molecule has 0 bridgehead atoms. The van der Waals surface area contributed by atoms with E-state index in [1.165, 1.54) is 0 Å². The molecular formula is C9H8BClF3K. The molecule has 0 fully saturated rings. The van der Waals surface area contributed by atoms with E-state index in [4.69, 9.17) is 11.6 Å². The molecule has 0 saturated carbocycles. The zero-order valence-corrected chi connectivity index (χ0v) is 12.4. The maximum atomic E-state index is 12.2. The number of rotatable bonds is 2. The van der Waals surface area contributed by atoms with Crippen LogP contribution in [0.3, 0.4) is 0 Å². The van der Waals surface area contributed by atoms with Gasteiger partial charge in [0.25, 0.3) is 0 Å². The Kier molecular flexibility index (Phi) is 6.79. The Balaban J connectivity index is 0.00000196. The molecule has 6 heteroatoms. The summed E-state index contributed by atoms with van der Waals surface area (Å²) >= 11 is 5.60. The minimum Gasteiger partial charge on any atom is -0.445 e. The van der Waals surface area contributed by atoms with Crippen molar-refractivity contribution in [3.63, 3.8) is 0 Å². The van der Waals surface area contributed by atoms with Crippen LogP contribution in [0.2, 0.25) is 5.02 Å². The van der Waals surface area contributed by atoms with Gasteiger partial charge in [-0.3, -0.25) is 0 Å². The molecule has 15 heavy (non-hydrogen) atoms. The predicted octanol–water partition coefficient (Wildman–Crippen LogP) is 1.13. The van der Waals surface area contributed by atoms with Gasteiger partial charge in [0, 0.05) is 5.02 Å². The van der Waals surface area contributed by atoms with E-state index >= 15 is 0 Å². The van der Waals surface area contributed by atoms with E-state index < -0.39 is 12.4 Å². The van der Waals surface area contributed by atoms with Gasteiger partial charge in [0.2, 0.25) is 0 Å². The minimum absolute atomic E-state index is 0. The van der Waals surface area contributed by atoms with Crippen molar-refractivity contribution >= 4 is 24.7 Å². The maximum absolute atomic E-state index is 12.2. The van der Waals surface area contributed by atoms with E-state index in [1.807, 2.05) is 0 Å². The summed E-state index contributed by atoms with van der Waals surface area (Å²) in [5.41, 5.74) is -0.0570. The first-order chi connectivity index (χ1) is 6.39. The third-order valence-electron chi connectivity index (χ3n) is 1.78.